The Bertz CT molecular complexity index is 610. The monoisotopic (exact) mass is 285 g/mol. The van der Waals surface area contributed by atoms with Gasteiger partial charge in [0.05, 0.1) is 17.8 Å². The summed E-state index contributed by atoms with van der Waals surface area (Å²) in [5, 5.41) is 4.74. The molecule has 0 aliphatic heterocycles. The molecule has 1 aliphatic carbocycles. The predicted molar refractivity (Wildman–Crippen MR) is 86.8 cm³/mol. The highest BCUT2D eigenvalue weighted by Crippen LogP contribution is 2.26. The first-order valence-electron chi connectivity index (χ1n) is 7.60. The summed E-state index contributed by atoms with van der Waals surface area (Å²) < 4.78 is 5.19. The molecule has 4 heteroatoms. The SMILES string of the molecule is COCCN(C)c1cc(CNC2CC2)nc2ccccc12. The highest BCUT2D eigenvalue weighted by atomic mass is 16.5. The molecule has 112 valence electrons. The van der Waals surface area contributed by atoms with Crippen molar-refractivity contribution in [3.8, 4) is 0 Å². The second-order valence-corrected chi connectivity index (χ2v) is 5.72. The Kier molecular flexibility index (Phi) is 4.36. The van der Waals surface area contributed by atoms with Gasteiger partial charge in [-0.1, -0.05) is 18.2 Å². The van der Waals surface area contributed by atoms with Crippen LogP contribution in [-0.2, 0) is 11.3 Å². The molecule has 0 spiro atoms. The number of nitrogens with zero attached hydrogens (tertiary/aromatic N) is 2. The molecular formula is C17H23N3O. The third-order valence-corrected chi connectivity index (χ3v) is 3.94. The van der Waals surface area contributed by atoms with Gasteiger partial charge in [0.25, 0.3) is 0 Å². The molecule has 0 radical (unpaired) electrons. The summed E-state index contributed by atoms with van der Waals surface area (Å²) in [6.45, 7) is 2.45. The Labute approximate surface area is 126 Å². The minimum atomic E-state index is 0.702. The fourth-order valence-electron chi connectivity index (χ4n) is 2.50. The second-order valence-electron chi connectivity index (χ2n) is 5.72. The van der Waals surface area contributed by atoms with E-state index in [2.05, 4.69) is 41.5 Å². The number of nitrogens with one attached hydrogen (secondary N) is 1. The zero-order chi connectivity index (χ0) is 14.7. The number of likely N-dealkylation sites (N-methyl/N-ethyl adjacent to an activating group) is 1. The topological polar surface area (TPSA) is 37.4 Å². The van der Waals surface area contributed by atoms with Gasteiger partial charge >= 0.3 is 0 Å². The van der Waals surface area contributed by atoms with E-state index in [1.807, 2.05) is 6.07 Å². The number of rotatable bonds is 7. The second kappa shape index (κ2) is 6.41. The fourth-order valence-corrected chi connectivity index (χ4v) is 2.50. The average molecular weight is 285 g/mol. The van der Waals surface area contributed by atoms with Crippen molar-refractivity contribution in [2.45, 2.75) is 25.4 Å². The Balaban J connectivity index is 1.89. The quantitative estimate of drug-likeness (QED) is 0.848. The van der Waals surface area contributed by atoms with Crippen molar-refractivity contribution in [3.05, 3.63) is 36.0 Å². The van der Waals surface area contributed by atoms with E-state index >= 15 is 0 Å². The number of fused-ring (bicyclic) bond motifs is 1. The van der Waals surface area contributed by atoms with Gasteiger partial charge in [-0.25, -0.2) is 0 Å². The Morgan fingerprint density at radius 3 is 2.90 bits per heavy atom. The van der Waals surface area contributed by atoms with E-state index in [0.717, 1.165) is 30.9 Å². The van der Waals surface area contributed by atoms with Gasteiger partial charge < -0.3 is 15.0 Å². The van der Waals surface area contributed by atoms with Crippen molar-refractivity contribution in [1.82, 2.24) is 10.3 Å². The van der Waals surface area contributed by atoms with Crippen molar-refractivity contribution in [2.24, 2.45) is 0 Å². The van der Waals surface area contributed by atoms with E-state index in [4.69, 9.17) is 9.72 Å². The lowest BCUT2D eigenvalue weighted by molar-refractivity contribution is 0.206. The van der Waals surface area contributed by atoms with E-state index in [9.17, 15) is 0 Å². The highest BCUT2D eigenvalue weighted by Gasteiger charge is 2.20. The van der Waals surface area contributed by atoms with Gasteiger partial charge in [-0.3, -0.25) is 4.98 Å². The van der Waals surface area contributed by atoms with Crippen LogP contribution in [-0.4, -0.2) is 38.3 Å². The van der Waals surface area contributed by atoms with Crippen LogP contribution in [0.3, 0.4) is 0 Å². The smallest absolute Gasteiger partial charge is 0.0726 e. The van der Waals surface area contributed by atoms with Crippen LogP contribution in [0, 0.1) is 0 Å². The van der Waals surface area contributed by atoms with E-state index in [1.54, 1.807) is 7.11 Å². The molecule has 1 aromatic carbocycles. The van der Waals surface area contributed by atoms with Gasteiger partial charge in [0, 0.05) is 44.4 Å². The zero-order valence-electron chi connectivity index (χ0n) is 12.8. The fraction of sp³-hybridized carbons (Fsp3) is 0.471. The Morgan fingerprint density at radius 1 is 1.33 bits per heavy atom. The van der Waals surface area contributed by atoms with E-state index < -0.39 is 0 Å². The molecule has 0 amide bonds. The van der Waals surface area contributed by atoms with Crippen molar-refractivity contribution >= 4 is 16.6 Å². The van der Waals surface area contributed by atoms with Crippen LogP contribution < -0.4 is 10.2 Å². The minimum Gasteiger partial charge on any atom is -0.383 e. The van der Waals surface area contributed by atoms with Crippen LogP contribution in [0.5, 0.6) is 0 Å². The normalized spacial score (nSPS) is 14.6. The molecule has 1 heterocycles. The first-order valence-corrected chi connectivity index (χ1v) is 7.60. The summed E-state index contributed by atoms with van der Waals surface area (Å²) in [6.07, 6.45) is 2.60. The molecule has 0 unspecified atom stereocenters. The third-order valence-electron chi connectivity index (χ3n) is 3.94. The summed E-state index contributed by atoms with van der Waals surface area (Å²) in [5.74, 6) is 0. The molecule has 21 heavy (non-hydrogen) atoms. The third kappa shape index (κ3) is 3.52. The van der Waals surface area contributed by atoms with Crippen molar-refractivity contribution < 1.29 is 4.74 Å². The lowest BCUT2D eigenvalue weighted by Gasteiger charge is -2.21. The lowest BCUT2D eigenvalue weighted by Crippen LogP contribution is -2.23. The number of pyridine rings is 1. The largest absolute Gasteiger partial charge is 0.383 e. The van der Waals surface area contributed by atoms with Crippen LogP contribution in [0.2, 0.25) is 0 Å². The summed E-state index contributed by atoms with van der Waals surface area (Å²) in [7, 11) is 3.85. The van der Waals surface area contributed by atoms with Crippen LogP contribution in [0.1, 0.15) is 18.5 Å². The van der Waals surface area contributed by atoms with Gasteiger partial charge in [-0.05, 0) is 25.0 Å². The maximum absolute atomic E-state index is 5.19. The Hall–Kier alpha value is -1.65. The van der Waals surface area contributed by atoms with Gasteiger partial charge in [-0.15, -0.1) is 0 Å². The van der Waals surface area contributed by atoms with E-state index in [0.29, 0.717) is 6.04 Å². The van der Waals surface area contributed by atoms with E-state index in [-0.39, 0.29) is 0 Å². The van der Waals surface area contributed by atoms with Gasteiger partial charge in [0.15, 0.2) is 0 Å². The van der Waals surface area contributed by atoms with Crippen LogP contribution in [0.25, 0.3) is 10.9 Å². The maximum Gasteiger partial charge on any atom is 0.0726 e. The number of ether oxygens (including phenoxy) is 1. The number of hydrogen-bond donors (Lipinski definition) is 1. The maximum atomic E-state index is 5.19. The molecule has 1 fully saturated rings. The van der Waals surface area contributed by atoms with E-state index in [1.165, 1.54) is 23.9 Å². The minimum absolute atomic E-state index is 0.702. The number of anilines is 1. The molecule has 1 aromatic heterocycles. The van der Waals surface area contributed by atoms with Gasteiger partial charge in [0.1, 0.15) is 0 Å². The van der Waals surface area contributed by atoms with Crippen molar-refractivity contribution in [1.29, 1.82) is 0 Å². The average Bonchev–Trinajstić information content (AvgIpc) is 3.34. The van der Waals surface area contributed by atoms with Crippen molar-refractivity contribution in [2.75, 3.05) is 32.2 Å². The summed E-state index contributed by atoms with van der Waals surface area (Å²) in [6, 6.07) is 11.2. The van der Waals surface area contributed by atoms with Crippen LogP contribution >= 0.6 is 0 Å². The van der Waals surface area contributed by atoms with Crippen LogP contribution in [0.4, 0.5) is 5.69 Å². The van der Waals surface area contributed by atoms with Gasteiger partial charge in [0.2, 0.25) is 0 Å². The molecule has 0 atom stereocenters. The number of hydrogen-bond acceptors (Lipinski definition) is 4. The first-order chi connectivity index (χ1) is 10.3. The Morgan fingerprint density at radius 2 is 2.14 bits per heavy atom. The summed E-state index contributed by atoms with van der Waals surface area (Å²) in [5.41, 5.74) is 3.40. The highest BCUT2D eigenvalue weighted by molar-refractivity contribution is 5.91. The van der Waals surface area contributed by atoms with Crippen molar-refractivity contribution in [3.63, 3.8) is 0 Å². The first kappa shape index (κ1) is 14.3. The summed E-state index contributed by atoms with van der Waals surface area (Å²) in [4.78, 5) is 7.02. The standard InChI is InChI=1S/C17H23N3O/c1-20(9-10-21-2)17-11-14(12-18-13-7-8-13)19-16-6-4-3-5-15(16)17/h3-6,11,13,18H,7-10,12H2,1-2H3. The molecule has 1 N–H and O–H groups in total. The number of benzene rings is 1. The zero-order valence-corrected chi connectivity index (χ0v) is 12.8. The predicted octanol–water partition coefficient (Wildman–Crippen LogP) is 2.57. The molecule has 1 aliphatic rings. The molecule has 0 bridgehead atoms. The number of aromatic nitrogens is 1. The molecule has 1 saturated carbocycles. The lowest BCUT2D eigenvalue weighted by atomic mass is 10.1. The van der Waals surface area contributed by atoms with Gasteiger partial charge in [-0.2, -0.15) is 0 Å². The van der Waals surface area contributed by atoms with Crippen LogP contribution in [0.15, 0.2) is 30.3 Å². The molecule has 0 saturated heterocycles. The number of para-hydroxylation sites is 1. The molecular weight excluding hydrogens is 262 g/mol. The summed E-state index contributed by atoms with van der Waals surface area (Å²) >= 11 is 0. The molecule has 4 nitrogen and oxygen atoms in total. The molecule has 2 aromatic rings. The molecule has 3 rings (SSSR count). The number of methoxy groups -OCH3 is 1.